The van der Waals surface area contributed by atoms with Crippen molar-refractivity contribution in [2.75, 3.05) is 27.3 Å². The first-order valence-electron chi connectivity index (χ1n) is 14.3. The fraction of sp³-hybridized carbons (Fsp3) is 0.545. The molecule has 0 radical (unpaired) electrons. The van der Waals surface area contributed by atoms with Crippen LogP contribution in [0.15, 0.2) is 54.6 Å². The standard InChI is InChI=1S/C33H41NO4/c1-21-9-8-13-33(2)19-31-25(17-27(21)33)26(32(35)38-31)20-34-14-12-23-16-29(36-3)30(37-4)18-24(23)28(34)15-22-10-6-5-7-11-22/h5-7,10-11,16,18,25-28,31H,1,8-9,12-15,17,19-20H2,2-4H3. The van der Waals surface area contributed by atoms with Crippen molar-refractivity contribution < 1.29 is 19.0 Å². The molecule has 0 spiro atoms. The topological polar surface area (TPSA) is 48.0 Å². The van der Waals surface area contributed by atoms with Crippen LogP contribution in [-0.2, 0) is 22.4 Å². The molecule has 2 aromatic rings. The SMILES string of the molecule is C=C1CCCC2(C)CC3OC(=O)C(CN4CCc5cc(OC)c(OC)cc5C4Cc4ccccc4)C3CC12. The number of benzene rings is 2. The molecule has 4 aliphatic rings. The zero-order valence-electron chi connectivity index (χ0n) is 23.1. The highest BCUT2D eigenvalue weighted by atomic mass is 16.6. The van der Waals surface area contributed by atoms with Crippen LogP contribution in [0.4, 0.5) is 0 Å². The minimum Gasteiger partial charge on any atom is -0.493 e. The maximum Gasteiger partial charge on any atom is 0.310 e. The van der Waals surface area contributed by atoms with Gasteiger partial charge < -0.3 is 14.2 Å². The Hall–Kier alpha value is -2.79. The van der Waals surface area contributed by atoms with Gasteiger partial charge in [0.25, 0.3) is 0 Å². The third-order valence-electron chi connectivity index (χ3n) is 10.1. The predicted molar refractivity (Wildman–Crippen MR) is 148 cm³/mol. The quantitative estimate of drug-likeness (QED) is 0.341. The number of nitrogens with zero attached hydrogens (tertiary/aromatic N) is 1. The average Bonchev–Trinajstić information content (AvgIpc) is 3.21. The van der Waals surface area contributed by atoms with Crippen LogP contribution >= 0.6 is 0 Å². The lowest BCUT2D eigenvalue weighted by atomic mass is 9.55. The molecule has 0 bridgehead atoms. The molecule has 6 unspecified atom stereocenters. The van der Waals surface area contributed by atoms with Gasteiger partial charge in [0.15, 0.2) is 11.5 Å². The molecular formula is C33H41NO4. The van der Waals surface area contributed by atoms with Crippen LogP contribution in [0.1, 0.15) is 61.8 Å². The second-order valence-electron chi connectivity index (χ2n) is 12.3. The Labute approximate surface area is 227 Å². The van der Waals surface area contributed by atoms with Gasteiger partial charge in [0.2, 0.25) is 0 Å². The first-order valence-corrected chi connectivity index (χ1v) is 14.3. The summed E-state index contributed by atoms with van der Waals surface area (Å²) in [7, 11) is 3.39. The Balaban J connectivity index is 1.30. The summed E-state index contributed by atoms with van der Waals surface area (Å²) in [6.45, 7) is 8.52. The summed E-state index contributed by atoms with van der Waals surface area (Å²) in [5, 5.41) is 0. The number of allylic oxidation sites excluding steroid dienone is 1. The van der Waals surface area contributed by atoms with E-state index in [0.29, 0.717) is 5.92 Å². The number of rotatable bonds is 6. The van der Waals surface area contributed by atoms with E-state index >= 15 is 0 Å². The van der Waals surface area contributed by atoms with E-state index in [4.69, 9.17) is 14.2 Å². The fourth-order valence-corrected chi connectivity index (χ4v) is 8.09. The van der Waals surface area contributed by atoms with Crippen molar-refractivity contribution in [2.45, 2.75) is 64.0 Å². The maximum atomic E-state index is 13.4. The Morgan fingerprint density at radius 2 is 1.87 bits per heavy atom. The second kappa shape index (κ2) is 10.1. The first kappa shape index (κ1) is 25.5. The van der Waals surface area contributed by atoms with Gasteiger partial charge >= 0.3 is 5.97 Å². The smallest absolute Gasteiger partial charge is 0.310 e. The molecule has 6 rings (SSSR count). The second-order valence-corrected chi connectivity index (χ2v) is 12.3. The van der Waals surface area contributed by atoms with Crippen molar-refractivity contribution in [3.05, 3.63) is 71.3 Å². The lowest BCUT2D eigenvalue weighted by Gasteiger charge is -2.50. The van der Waals surface area contributed by atoms with Crippen LogP contribution in [0.2, 0.25) is 0 Å². The number of ether oxygens (including phenoxy) is 3. The third-order valence-corrected chi connectivity index (χ3v) is 10.1. The van der Waals surface area contributed by atoms with Gasteiger partial charge in [-0.2, -0.15) is 0 Å². The molecule has 6 atom stereocenters. The van der Waals surface area contributed by atoms with Gasteiger partial charge in [0.05, 0.1) is 20.1 Å². The zero-order chi connectivity index (χ0) is 26.4. The predicted octanol–water partition coefficient (Wildman–Crippen LogP) is 6.16. The zero-order valence-corrected chi connectivity index (χ0v) is 23.1. The molecule has 2 heterocycles. The molecule has 38 heavy (non-hydrogen) atoms. The van der Waals surface area contributed by atoms with Crippen LogP contribution in [0, 0.1) is 23.2 Å². The molecule has 2 aliphatic carbocycles. The summed E-state index contributed by atoms with van der Waals surface area (Å²) in [6.07, 6.45) is 7.44. The van der Waals surface area contributed by atoms with Gasteiger partial charge in [-0.15, -0.1) is 0 Å². The molecule has 2 aromatic carbocycles. The summed E-state index contributed by atoms with van der Waals surface area (Å²) >= 11 is 0. The molecule has 2 saturated carbocycles. The summed E-state index contributed by atoms with van der Waals surface area (Å²) in [4.78, 5) is 15.9. The summed E-state index contributed by atoms with van der Waals surface area (Å²) in [5.41, 5.74) is 5.49. The van der Waals surface area contributed by atoms with Crippen LogP contribution in [0.25, 0.3) is 0 Å². The van der Waals surface area contributed by atoms with Crippen molar-refractivity contribution in [1.29, 1.82) is 0 Å². The molecule has 5 heteroatoms. The number of hydrogen-bond donors (Lipinski definition) is 0. The molecule has 3 fully saturated rings. The van der Waals surface area contributed by atoms with E-state index in [0.717, 1.165) is 56.7 Å². The Morgan fingerprint density at radius 3 is 2.63 bits per heavy atom. The van der Waals surface area contributed by atoms with Gasteiger partial charge in [0.1, 0.15) is 6.10 Å². The molecule has 202 valence electrons. The van der Waals surface area contributed by atoms with Crippen LogP contribution in [0.5, 0.6) is 11.5 Å². The third kappa shape index (κ3) is 4.43. The van der Waals surface area contributed by atoms with E-state index in [1.165, 1.54) is 35.1 Å². The van der Waals surface area contributed by atoms with E-state index in [1.807, 2.05) is 0 Å². The van der Waals surface area contributed by atoms with Crippen molar-refractivity contribution in [3.63, 3.8) is 0 Å². The Bertz CT molecular complexity index is 1210. The molecule has 2 aliphatic heterocycles. The van der Waals surface area contributed by atoms with Gasteiger partial charge in [-0.05, 0) is 85.1 Å². The van der Waals surface area contributed by atoms with Gasteiger partial charge in [-0.1, -0.05) is 49.4 Å². The highest BCUT2D eigenvalue weighted by Crippen LogP contribution is 2.57. The summed E-state index contributed by atoms with van der Waals surface area (Å²) in [5.74, 6) is 2.24. The molecular weight excluding hydrogens is 474 g/mol. The number of methoxy groups -OCH3 is 2. The normalized spacial score (nSPS) is 32.7. The number of carbonyl (C=O) groups is 1. The van der Waals surface area contributed by atoms with Gasteiger partial charge in [0, 0.05) is 25.0 Å². The van der Waals surface area contributed by atoms with Crippen LogP contribution < -0.4 is 9.47 Å². The van der Waals surface area contributed by atoms with Crippen molar-refractivity contribution in [1.82, 2.24) is 4.90 Å². The number of hydrogen-bond acceptors (Lipinski definition) is 5. The highest BCUT2D eigenvalue weighted by Gasteiger charge is 2.55. The molecule has 1 saturated heterocycles. The van der Waals surface area contributed by atoms with E-state index in [9.17, 15) is 4.79 Å². The van der Waals surface area contributed by atoms with Crippen LogP contribution in [-0.4, -0.2) is 44.3 Å². The van der Waals surface area contributed by atoms with Crippen molar-refractivity contribution in [2.24, 2.45) is 23.2 Å². The lowest BCUT2D eigenvalue weighted by Crippen LogP contribution is -2.47. The Morgan fingerprint density at radius 1 is 1.11 bits per heavy atom. The van der Waals surface area contributed by atoms with Gasteiger partial charge in [-0.25, -0.2) is 0 Å². The molecule has 0 aromatic heterocycles. The van der Waals surface area contributed by atoms with E-state index in [1.54, 1.807) is 14.2 Å². The van der Waals surface area contributed by atoms with E-state index < -0.39 is 0 Å². The number of carbonyl (C=O) groups excluding carboxylic acids is 1. The summed E-state index contributed by atoms with van der Waals surface area (Å²) < 4.78 is 17.4. The summed E-state index contributed by atoms with van der Waals surface area (Å²) in [6, 6.07) is 15.1. The first-order chi connectivity index (χ1) is 18.4. The van der Waals surface area contributed by atoms with E-state index in [-0.39, 0.29) is 35.4 Å². The monoisotopic (exact) mass is 515 g/mol. The molecule has 0 amide bonds. The average molecular weight is 516 g/mol. The minimum absolute atomic E-state index is 0.00410. The number of esters is 1. The van der Waals surface area contributed by atoms with Crippen LogP contribution in [0.3, 0.4) is 0 Å². The molecule has 0 N–H and O–H groups in total. The highest BCUT2D eigenvalue weighted by molar-refractivity contribution is 5.75. The Kier molecular flexibility index (Phi) is 6.75. The van der Waals surface area contributed by atoms with E-state index in [2.05, 4.69) is 60.9 Å². The van der Waals surface area contributed by atoms with Gasteiger partial charge in [-0.3, -0.25) is 9.69 Å². The largest absolute Gasteiger partial charge is 0.493 e. The molecule has 5 nitrogen and oxygen atoms in total. The maximum absolute atomic E-state index is 13.4. The van der Waals surface area contributed by atoms with Crippen molar-refractivity contribution in [3.8, 4) is 11.5 Å². The lowest BCUT2D eigenvalue weighted by molar-refractivity contribution is -0.146. The minimum atomic E-state index is -0.0840. The number of fused-ring (bicyclic) bond motifs is 3. The fourth-order valence-electron chi connectivity index (χ4n) is 8.09. The van der Waals surface area contributed by atoms with Crippen molar-refractivity contribution >= 4 is 5.97 Å².